The SMILES string of the molecule is CC(CC1CC1)NC1CCOCC1. The predicted molar refractivity (Wildman–Crippen MR) is 53.8 cm³/mol. The predicted octanol–water partition coefficient (Wildman–Crippen LogP) is 1.94. The van der Waals surface area contributed by atoms with E-state index in [1.807, 2.05) is 0 Å². The molecule has 0 aromatic heterocycles. The van der Waals surface area contributed by atoms with E-state index < -0.39 is 0 Å². The molecular weight excluding hydrogens is 162 g/mol. The molecule has 0 aromatic rings. The first kappa shape index (κ1) is 9.47. The highest BCUT2D eigenvalue weighted by atomic mass is 16.5. The van der Waals surface area contributed by atoms with Crippen LogP contribution in [0.2, 0.25) is 0 Å². The third kappa shape index (κ3) is 3.28. The Kier molecular flexibility index (Phi) is 3.23. The van der Waals surface area contributed by atoms with Crippen LogP contribution in [0.1, 0.15) is 39.0 Å². The highest BCUT2D eigenvalue weighted by molar-refractivity contribution is 4.80. The Labute approximate surface area is 81.0 Å². The van der Waals surface area contributed by atoms with Crippen LogP contribution in [0.4, 0.5) is 0 Å². The highest BCUT2D eigenvalue weighted by Crippen LogP contribution is 2.33. The Hall–Kier alpha value is -0.0800. The van der Waals surface area contributed by atoms with Crippen molar-refractivity contribution in [1.82, 2.24) is 5.32 Å². The van der Waals surface area contributed by atoms with Crippen LogP contribution in [0.3, 0.4) is 0 Å². The van der Waals surface area contributed by atoms with Gasteiger partial charge >= 0.3 is 0 Å². The van der Waals surface area contributed by atoms with Crippen molar-refractivity contribution in [3.05, 3.63) is 0 Å². The normalized spacial score (nSPS) is 27.5. The lowest BCUT2D eigenvalue weighted by molar-refractivity contribution is 0.0750. The molecule has 2 nitrogen and oxygen atoms in total. The maximum Gasteiger partial charge on any atom is 0.0480 e. The van der Waals surface area contributed by atoms with Gasteiger partial charge in [0.2, 0.25) is 0 Å². The number of rotatable bonds is 4. The minimum Gasteiger partial charge on any atom is -0.381 e. The van der Waals surface area contributed by atoms with Crippen LogP contribution < -0.4 is 5.32 Å². The molecule has 1 saturated heterocycles. The van der Waals surface area contributed by atoms with Gasteiger partial charge in [0, 0.05) is 25.3 Å². The fourth-order valence-corrected chi connectivity index (χ4v) is 2.19. The maximum atomic E-state index is 5.33. The molecule has 2 heteroatoms. The average molecular weight is 183 g/mol. The Morgan fingerprint density at radius 1 is 1.23 bits per heavy atom. The van der Waals surface area contributed by atoms with Gasteiger partial charge < -0.3 is 10.1 Å². The fraction of sp³-hybridized carbons (Fsp3) is 1.00. The lowest BCUT2D eigenvalue weighted by Crippen LogP contribution is -2.40. The number of hydrogen-bond donors (Lipinski definition) is 1. The molecule has 2 aliphatic rings. The summed E-state index contributed by atoms with van der Waals surface area (Å²) in [6, 6.07) is 1.44. The maximum absolute atomic E-state index is 5.33. The van der Waals surface area contributed by atoms with Crippen LogP contribution in [0, 0.1) is 5.92 Å². The molecule has 1 N–H and O–H groups in total. The first-order chi connectivity index (χ1) is 6.34. The van der Waals surface area contributed by atoms with E-state index in [-0.39, 0.29) is 0 Å². The van der Waals surface area contributed by atoms with Crippen LogP contribution in [-0.4, -0.2) is 25.3 Å². The van der Waals surface area contributed by atoms with E-state index >= 15 is 0 Å². The van der Waals surface area contributed by atoms with Crippen molar-refractivity contribution in [2.75, 3.05) is 13.2 Å². The number of nitrogens with one attached hydrogen (secondary N) is 1. The van der Waals surface area contributed by atoms with Gasteiger partial charge in [-0.3, -0.25) is 0 Å². The van der Waals surface area contributed by atoms with E-state index in [0.29, 0.717) is 0 Å². The molecule has 0 amide bonds. The molecule has 2 fully saturated rings. The van der Waals surface area contributed by atoms with Crippen molar-refractivity contribution in [2.24, 2.45) is 5.92 Å². The molecule has 0 radical (unpaired) electrons. The summed E-state index contributed by atoms with van der Waals surface area (Å²) in [5, 5.41) is 3.71. The van der Waals surface area contributed by atoms with Crippen molar-refractivity contribution >= 4 is 0 Å². The third-order valence-electron chi connectivity index (χ3n) is 3.13. The minimum absolute atomic E-state index is 0.718. The van der Waals surface area contributed by atoms with E-state index in [0.717, 1.165) is 31.2 Å². The molecule has 1 aliphatic heterocycles. The molecule has 13 heavy (non-hydrogen) atoms. The summed E-state index contributed by atoms with van der Waals surface area (Å²) >= 11 is 0. The monoisotopic (exact) mass is 183 g/mol. The summed E-state index contributed by atoms with van der Waals surface area (Å²) in [6.45, 7) is 4.23. The lowest BCUT2D eigenvalue weighted by atomic mass is 10.1. The lowest BCUT2D eigenvalue weighted by Gasteiger charge is -2.26. The highest BCUT2D eigenvalue weighted by Gasteiger charge is 2.24. The molecule has 76 valence electrons. The molecule has 0 spiro atoms. The van der Waals surface area contributed by atoms with Crippen LogP contribution in [-0.2, 0) is 4.74 Å². The zero-order valence-corrected chi connectivity index (χ0v) is 8.59. The smallest absolute Gasteiger partial charge is 0.0480 e. The summed E-state index contributed by atoms with van der Waals surface area (Å²) in [4.78, 5) is 0. The topological polar surface area (TPSA) is 21.3 Å². The molecule has 1 saturated carbocycles. The van der Waals surface area contributed by atoms with Gasteiger partial charge in [-0.05, 0) is 32.1 Å². The van der Waals surface area contributed by atoms with Crippen molar-refractivity contribution in [3.63, 3.8) is 0 Å². The van der Waals surface area contributed by atoms with Crippen LogP contribution in [0.25, 0.3) is 0 Å². The first-order valence-electron chi connectivity index (χ1n) is 5.68. The number of ether oxygens (including phenoxy) is 1. The first-order valence-corrected chi connectivity index (χ1v) is 5.68. The molecule has 0 aromatic carbocycles. The summed E-state index contributed by atoms with van der Waals surface area (Å²) in [7, 11) is 0. The molecule has 2 rings (SSSR count). The molecule has 1 aliphatic carbocycles. The number of hydrogen-bond acceptors (Lipinski definition) is 2. The second-order valence-electron chi connectivity index (χ2n) is 4.63. The Bertz CT molecular complexity index is 150. The molecule has 1 heterocycles. The van der Waals surface area contributed by atoms with E-state index in [4.69, 9.17) is 4.74 Å². The third-order valence-corrected chi connectivity index (χ3v) is 3.13. The second-order valence-corrected chi connectivity index (χ2v) is 4.63. The fourth-order valence-electron chi connectivity index (χ4n) is 2.19. The van der Waals surface area contributed by atoms with Crippen molar-refractivity contribution in [3.8, 4) is 0 Å². The quantitative estimate of drug-likeness (QED) is 0.719. The summed E-state index contributed by atoms with van der Waals surface area (Å²) in [6.07, 6.45) is 6.74. The average Bonchev–Trinajstić information content (AvgIpc) is 2.90. The van der Waals surface area contributed by atoms with E-state index in [1.165, 1.54) is 32.1 Å². The van der Waals surface area contributed by atoms with E-state index in [2.05, 4.69) is 12.2 Å². The van der Waals surface area contributed by atoms with E-state index in [1.54, 1.807) is 0 Å². The van der Waals surface area contributed by atoms with Gasteiger partial charge in [0.25, 0.3) is 0 Å². The van der Waals surface area contributed by atoms with Gasteiger partial charge in [-0.1, -0.05) is 12.8 Å². The summed E-state index contributed by atoms with van der Waals surface area (Å²) in [5.74, 6) is 1.04. The van der Waals surface area contributed by atoms with Crippen LogP contribution in [0.15, 0.2) is 0 Å². The van der Waals surface area contributed by atoms with Gasteiger partial charge in [0.1, 0.15) is 0 Å². The van der Waals surface area contributed by atoms with Gasteiger partial charge in [0.15, 0.2) is 0 Å². The molecular formula is C11H21NO. The largest absolute Gasteiger partial charge is 0.381 e. The summed E-state index contributed by atoms with van der Waals surface area (Å²) in [5.41, 5.74) is 0. The van der Waals surface area contributed by atoms with Gasteiger partial charge in [-0.2, -0.15) is 0 Å². The molecule has 1 atom stereocenters. The Balaban J connectivity index is 1.62. The minimum atomic E-state index is 0.718. The van der Waals surface area contributed by atoms with Crippen LogP contribution >= 0.6 is 0 Å². The van der Waals surface area contributed by atoms with Crippen molar-refractivity contribution in [1.29, 1.82) is 0 Å². The Morgan fingerprint density at radius 3 is 2.54 bits per heavy atom. The molecule has 1 unspecified atom stereocenters. The van der Waals surface area contributed by atoms with Gasteiger partial charge in [-0.25, -0.2) is 0 Å². The summed E-state index contributed by atoms with van der Waals surface area (Å²) < 4.78 is 5.33. The molecule has 0 bridgehead atoms. The zero-order chi connectivity index (χ0) is 9.10. The standard InChI is InChI=1S/C11H21NO/c1-9(8-10-2-3-10)12-11-4-6-13-7-5-11/h9-12H,2-8H2,1H3. The Morgan fingerprint density at radius 2 is 1.92 bits per heavy atom. The van der Waals surface area contributed by atoms with E-state index in [9.17, 15) is 0 Å². The second kappa shape index (κ2) is 4.43. The van der Waals surface area contributed by atoms with Gasteiger partial charge in [-0.15, -0.1) is 0 Å². The van der Waals surface area contributed by atoms with Gasteiger partial charge in [0.05, 0.1) is 0 Å². The zero-order valence-electron chi connectivity index (χ0n) is 8.59. The van der Waals surface area contributed by atoms with Crippen molar-refractivity contribution in [2.45, 2.75) is 51.1 Å². The van der Waals surface area contributed by atoms with Crippen molar-refractivity contribution < 1.29 is 4.74 Å². The van der Waals surface area contributed by atoms with Crippen LogP contribution in [0.5, 0.6) is 0 Å².